The third-order valence-electron chi connectivity index (χ3n) is 4.09. The Balaban J connectivity index is 4.74. The Bertz CT molecular complexity index is 131. The van der Waals surface area contributed by atoms with Crippen molar-refractivity contribution in [3.05, 3.63) is 0 Å². The van der Waals surface area contributed by atoms with Gasteiger partial charge in [0.15, 0.2) is 16.6 Å². The first-order chi connectivity index (χ1) is 7.07. The average molecular weight is 249 g/mol. The smallest absolute Gasteiger partial charge is 0.191 e. The molecule has 2 nitrogen and oxygen atoms in total. The van der Waals surface area contributed by atoms with Crippen molar-refractivity contribution in [1.82, 2.24) is 0 Å². The second kappa shape index (κ2) is 6.83. The van der Waals surface area contributed by atoms with E-state index in [0.717, 1.165) is 0 Å². The van der Waals surface area contributed by atoms with Crippen LogP contribution < -0.4 is 0 Å². The third-order valence-corrected chi connectivity index (χ3v) is 16.1. The van der Waals surface area contributed by atoms with Gasteiger partial charge in [-0.15, -0.1) is 0 Å². The van der Waals surface area contributed by atoms with Crippen molar-refractivity contribution < 1.29 is 8.85 Å². The fourth-order valence-electron chi connectivity index (χ4n) is 2.31. The molecule has 92 valence electrons. The maximum Gasteiger partial charge on any atom is 0.191 e. The molecule has 15 heavy (non-hydrogen) atoms. The highest BCUT2D eigenvalue weighted by Gasteiger charge is 2.42. The van der Waals surface area contributed by atoms with E-state index >= 15 is 0 Å². The summed E-state index contributed by atoms with van der Waals surface area (Å²) in [7, 11) is 0.846. The summed E-state index contributed by atoms with van der Waals surface area (Å²) in [5.74, 6) is 0. The van der Waals surface area contributed by atoms with Gasteiger partial charge < -0.3 is 8.85 Å². The lowest BCUT2D eigenvalue weighted by Gasteiger charge is -2.37. The first-order valence-electron chi connectivity index (χ1n) is 6.17. The molecule has 0 bridgehead atoms. The molecule has 0 spiro atoms. The largest absolute Gasteiger partial charge is 0.420 e. The summed E-state index contributed by atoms with van der Waals surface area (Å²) in [5.41, 5.74) is 1.27. The Morgan fingerprint density at radius 1 is 0.667 bits per heavy atom. The van der Waals surface area contributed by atoms with Gasteiger partial charge in [-0.05, 0) is 29.8 Å². The molecule has 0 heterocycles. The molecule has 0 aromatic carbocycles. The quantitative estimate of drug-likeness (QED) is 0.609. The van der Waals surface area contributed by atoms with Gasteiger partial charge in [-0.25, -0.2) is 0 Å². The molecule has 0 amide bonds. The molecule has 4 heteroatoms. The number of hydrogen-bond acceptors (Lipinski definition) is 2. The zero-order valence-corrected chi connectivity index (χ0v) is 13.4. The SMILES string of the molecule is CC[Si](CC)(C[Si](CC)(CC)OC)OC. The molecule has 0 rings (SSSR count). The van der Waals surface area contributed by atoms with Crippen LogP contribution in [0.25, 0.3) is 0 Å². The van der Waals surface area contributed by atoms with Gasteiger partial charge in [-0.3, -0.25) is 0 Å². The van der Waals surface area contributed by atoms with Crippen LogP contribution in [-0.4, -0.2) is 30.9 Å². The van der Waals surface area contributed by atoms with Gasteiger partial charge in [0.1, 0.15) is 0 Å². The standard InChI is InChI=1S/C11H28O2Si2/c1-7-14(8-2,12-5)11-15(9-3,10-4)13-6/h7-11H2,1-6H3. The average Bonchev–Trinajstić information content (AvgIpc) is 2.33. The summed E-state index contributed by atoms with van der Waals surface area (Å²) in [5, 5.41) is 0. The van der Waals surface area contributed by atoms with Gasteiger partial charge in [0.2, 0.25) is 0 Å². The van der Waals surface area contributed by atoms with Crippen LogP contribution in [0.4, 0.5) is 0 Å². The van der Waals surface area contributed by atoms with E-state index in [1.807, 2.05) is 14.2 Å². The second-order valence-corrected chi connectivity index (χ2v) is 14.2. The predicted molar refractivity (Wildman–Crippen MR) is 72.3 cm³/mol. The van der Waals surface area contributed by atoms with E-state index in [4.69, 9.17) is 8.85 Å². The van der Waals surface area contributed by atoms with Crippen LogP contribution in [0.1, 0.15) is 27.7 Å². The highest BCUT2D eigenvalue weighted by atomic mass is 28.4. The van der Waals surface area contributed by atoms with E-state index < -0.39 is 16.6 Å². The van der Waals surface area contributed by atoms with Crippen molar-refractivity contribution in [2.45, 2.75) is 57.5 Å². The summed E-state index contributed by atoms with van der Waals surface area (Å²) in [6.45, 7) is 9.11. The second-order valence-electron chi connectivity index (χ2n) is 4.37. The molecule has 0 aliphatic heterocycles. The minimum atomic E-state index is -1.48. The lowest BCUT2D eigenvalue weighted by Crippen LogP contribution is -2.49. The first kappa shape index (κ1) is 15.4. The molecule has 0 aliphatic rings. The van der Waals surface area contributed by atoms with E-state index in [-0.39, 0.29) is 0 Å². The van der Waals surface area contributed by atoms with E-state index in [9.17, 15) is 0 Å². The van der Waals surface area contributed by atoms with Gasteiger partial charge in [-0.1, -0.05) is 27.7 Å². The maximum absolute atomic E-state index is 5.89. The Morgan fingerprint density at radius 2 is 0.933 bits per heavy atom. The van der Waals surface area contributed by atoms with Crippen LogP contribution in [-0.2, 0) is 8.85 Å². The molecule has 0 unspecified atom stereocenters. The highest BCUT2D eigenvalue weighted by molar-refractivity contribution is 6.91. The fourth-order valence-corrected chi connectivity index (χ4v) is 14.3. The Morgan fingerprint density at radius 3 is 1.07 bits per heavy atom. The highest BCUT2D eigenvalue weighted by Crippen LogP contribution is 2.32. The van der Waals surface area contributed by atoms with Gasteiger partial charge in [0.05, 0.1) is 0 Å². The summed E-state index contributed by atoms with van der Waals surface area (Å²) in [6, 6.07) is 4.88. The monoisotopic (exact) mass is 248 g/mol. The van der Waals surface area contributed by atoms with Crippen molar-refractivity contribution in [3.8, 4) is 0 Å². The van der Waals surface area contributed by atoms with Crippen LogP contribution in [0, 0.1) is 0 Å². The third kappa shape index (κ3) is 3.69. The van der Waals surface area contributed by atoms with E-state index in [1.54, 1.807) is 0 Å². The van der Waals surface area contributed by atoms with Crippen LogP contribution in [0.3, 0.4) is 0 Å². The van der Waals surface area contributed by atoms with Crippen molar-refractivity contribution in [2.24, 2.45) is 0 Å². The molecular formula is C11H28O2Si2. The van der Waals surface area contributed by atoms with Crippen molar-refractivity contribution in [2.75, 3.05) is 14.2 Å². The summed E-state index contributed by atoms with van der Waals surface area (Å²) in [6.07, 6.45) is 0. The molecule has 0 saturated carbocycles. The minimum absolute atomic E-state index is 1.22. The van der Waals surface area contributed by atoms with E-state index in [2.05, 4.69) is 27.7 Å². The van der Waals surface area contributed by atoms with Crippen LogP contribution in [0.2, 0.25) is 29.8 Å². The van der Waals surface area contributed by atoms with Gasteiger partial charge in [-0.2, -0.15) is 0 Å². The van der Waals surface area contributed by atoms with Crippen LogP contribution >= 0.6 is 0 Å². The first-order valence-corrected chi connectivity index (χ1v) is 11.2. The van der Waals surface area contributed by atoms with Gasteiger partial charge in [0.25, 0.3) is 0 Å². The molecule has 0 aliphatic carbocycles. The summed E-state index contributed by atoms with van der Waals surface area (Å²) >= 11 is 0. The maximum atomic E-state index is 5.89. The normalized spacial score (nSPS) is 13.2. The van der Waals surface area contributed by atoms with Crippen molar-refractivity contribution in [3.63, 3.8) is 0 Å². The molecule has 0 aromatic rings. The number of hydrogen-bond donors (Lipinski definition) is 0. The Hall–Kier alpha value is 0.354. The number of rotatable bonds is 8. The van der Waals surface area contributed by atoms with Gasteiger partial charge in [0, 0.05) is 14.2 Å². The lowest BCUT2D eigenvalue weighted by atomic mass is 10.9. The van der Waals surface area contributed by atoms with Crippen molar-refractivity contribution in [1.29, 1.82) is 0 Å². The molecule has 0 saturated heterocycles. The molecule has 0 fully saturated rings. The van der Waals surface area contributed by atoms with Crippen LogP contribution in [0.15, 0.2) is 0 Å². The van der Waals surface area contributed by atoms with Gasteiger partial charge >= 0.3 is 0 Å². The molecule has 0 radical (unpaired) electrons. The molecule has 0 aromatic heterocycles. The zero-order chi connectivity index (χ0) is 11.9. The topological polar surface area (TPSA) is 18.5 Å². The molecule has 0 atom stereocenters. The van der Waals surface area contributed by atoms with Crippen LogP contribution in [0.5, 0.6) is 0 Å². The van der Waals surface area contributed by atoms with E-state index in [0.29, 0.717) is 0 Å². The molecule has 0 N–H and O–H groups in total. The minimum Gasteiger partial charge on any atom is -0.420 e. The Kier molecular flexibility index (Phi) is 6.99. The zero-order valence-electron chi connectivity index (χ0n) is 11.4. The van der Waals surface area contributed by atoms with Crippen molar-refractivity contribution >= 4 is 16.6 Å². The lowest BCUT2D eigenvalue weighted by molar-refractivity contribution is 0.375. The summed E-state index contributed by atoms with van der Waals surface area (Å²) in [4.78, 5) is 0. The Labute approximate surface area is 97.6 Å². The molecular weight excluding hydrogens is 220 g/mol. The van der Waals surface area contributed by atoms with E-state index in [1.165, 1.54) is 29.8 Å². The fraction of sp³-hybridized carbons (Fsp3) is 1.00. The predicted octanol–water partition coefficient (Wildman–Crippen LogP) is 3.79. The summed E-state index contributed by atoms with van der Waals surface area (Å²) < 4.78 is 11.8.